The van der Waals surface area contributed by atoms with Crippen molar-refractivity contribution in [2.45, 2.75) is 26.3 Å². The fourth-order valence-electron chi connectivity index (χ4n) is 2.39. The van der Waals surface area contributed by atoms with E-state index in [1.54, 1.807) is 16.9 Å². The van der Waals surface area contributed by atoms with Gasteiger partial charge in [-0.15, -0.1) is 0 Å². The SMILES string of the molecule is Cc1cnn(Cc2cccc(Cl)c2)c1NC(=O)C1=NNC(=O)CC1. The average Bonchev–Trinajstić information content (AvgIpc) is 2.88. The molecule has 0 bridgehead atoms. The maximum atomic E-state index is 12.3. The summed E-state index contributed by atoms with van der Waals surface area (Å²) in [6, 6.07) is 7.46. The van der Waals surface area contributed by atoms with E-state index >= 15 is 0 Å². The highest BCUT2D eigenvalue weighted by Crippen LogP contribution is 2.18. The molecule has 7 nitrogen and oxygen atoms in total. The first-order chi connectivity index (χ1) is 11.5. The molecule has 8 heteroatoms. The summed E-state index contributed by atoms with van der Waals surface area (Å²) >= 11 is 6.00. The number of benzene rings is 1. The number of hydrogen-bond acceptors (Lipinski definition) is 4. The van der Waals surface area contributed by atoms with Crippen LogP contribution in [0.1, 0.15) is 24.0 Å². The third-order valence-corrected chi connectivity index (χ3v) is 3.88. The fourth-order valence-corrected chi connectivity index (χ4v) is 2.60. The van der Waals surface area contributed by atoms with E-state index in [4.69, 9.17) is 11.6 Å². The van der Waals surface area contributed by atoms with Gasteiger partial charge in [-0.25, -0.2) is 10.1 Å². The Hall–Kier alpha value is -2.67. The van der Waals surface area contributed by atoms with Gasteiger partial charge in [-0.2, -0.15) is 10.2 Å². The zero-order valence-corrected chi connectivity index (χ0v) is 13.8. The second kappa shape index (κ2) is 6.84. The number of aryl methyl sites for hydroxylation is 1. The molecule has 0 unspecified atom stereocenters. The minimum atomic E-state index is -0.342. The van der Waals surface area contributed by atoms with Gasteiger partial charge in [0.05, 0.1) is 12.7 Å². The molecular formula is C16H16ClN5O2. The van der Waals surface area contributed by atoms with Crippen LogP contribution in [0.25, 0.3) is 0 Å². The number of carbonyl (C=O) groups is 2. The zero-order valence-electron chi connectivity index (χ0n) is 13.0. The summed E-state index contributed by atoms with van der Waals surface area (Å²) in [6.45, 7) is 2.34. The first kappa shape index (κ1) is 16.2. The van der Waals surface area contributed by atoms with Crippen molar-refractivity contribution in [3.63, 3.8) is 0 Å². The summed E-state index contributed by atoms with van der Waals surface area (Å²) in [7, 11) is 0. The topological polar surface area (TPSA) is 88.4 Å². The van der Waals surface area contributed by atoms with E-state index in [1.807, 2.05) is 25.1 Å². The number of nitrogens with one attached hydrogen (secondary N) is 2. The highest BCUT2D eigenvalue weighted by molar-refractivity contribution is 6.43. The molecular weight excluding hydrogens is 330 g/mol. The summed E-state index contributed by atoms with van der Waals surface area (Å²) in [5.74, 6) is 0.0687. The molecule has 24 heavy (non-hydrogen) atoms. The summed E-state index contributed by atoms with van der Waals surface area (Å²) in [5, 5.41) is 11.6. The Balaban J connectivity index is 1.78. The highest BCUT2D eigenvalue weighted by atomic mass is 35.5. The van der Waals surface area contributed by atoms with Crippen LogP contribution in [0.3, 0.4) is 0 Å². The van der Waals surface area contributed by atoms with E-state index in [9.17, 15) is 9.59 Å². The summed E-state index contributed by atoms with van der Waals surface area (Å²) in [6.07, 6.45) is 2.26. The van der Waals surface area contributed by atoms with E-state index in [-0.39, 0.29) is 18.2 Å². The minimum absolute atomic E-state index is 0.186. The lowest BCUT2D eigenvalue weighted by Gasteiger charge is -2.14. The van der Waals surface area contributed by atoms with Crippen molar-refractivity contribution < 1.29 is 9.59 Å². The quantitative estimate of drug-likeness (QED) is 0.889. The average molecular weight is 346 g/mol. The predicted octanol–water partition coefficient (Wildman–Crippen LogP) is 2.10. The minimum Gasteiger partial charge on any atom is -0.305 e. The number of anilines is 1. The summed E-state index contributed by atoms with van der Waals surface area (Å²) < 4.78 is 1.70. The van der Waals surface area contributed by atoms with Gasteiger partial charge in [0, 0.05) is 23.4 Å². The van der Waals surface area contributed by atoms with Crippen LogP contribution in [0.15, 0.2) is 35.6 Å². The smallest absolute Gasteiger partial charge is 0.273 e. The van der Waals surface area contributed by atoms with Crippen molar-refractivity contribution in [2.75, 3.05) is 5.32 Å². The molecule has 2 aromatic rings. The second-order valence-corrected chi connectivity index (χ2v) is 5.95. The third kappa shape index (κ3) is 3.62. The molecule has 0 saturated carbocycles. The highest BCUT2D eigenvalue weighted by Gasteiger charge is 2.20. The summed E-state index contributed by atoms with van der Waals surface area (Å²) in [5.41, 5.74) is 4.43. The van der Waals surface area contributed by atoms with E-state index in [2.05, 4.69) is 20.9 Å². The molecule has 3 rings (SSSR count). The van der Waals surface area contributed by atoms with Crippen molar-refractivity contribution in [3.05, 3.63) is 46.6 Å². The molecule has 0 saturated heterocycles. The molecule has 0 spiro atoms. The molecule has 1 aliphatic heterocycles. The first-order valence-electron chi connectivity index (χ1n) is 7.46. The Morgan fingerprint density at radius 3 is 2.96 bits per heavy atom. The molecule has 0 aliphatic carbocycles. The number of hydrogen-bond donors (Lipinski definition) is 2. The van der Waals surface area contributed by atoms with Gasteiger partial charge in [-0.05, 0) is 24.6 Å². The lowest BCUT2D eigenvalue weighted by Crippen LogP contribution is -2.33. The Morgan fingerprint density at radius 1 is 1.42 bits per heavy atom. The normalized spacial score (nSPS) is 14.1. The maximum Gasteiger partial charge on any atom is 0.273 e. The van der Waals surface area contributed by atoms with E-state index < -0.39 is 0 Å². The van der Waals surface area contributed by atoms with Crippen molar-refractivity contribution in [2.24, 2.45) is 5.10 Å². The molecule has 0 atom stereocenters. The van der Waals surface area contributed by atoms with Gasteiger partial charge in [0.1, 0.15) is 11.5 Å². The molecule has 0 fully saturated rings. The summed E-state index contributed by atoms with van der Waals surface area (Å²) in [4.78, 5) is 23.4. The molecule has 0 radical (unpaired) electrons. The second-order valence-electron chi connectivity index (χ2n) is 5.51. The molecule has 124 valence electrons. The van der Waals surface area contributed by atoms with E-state index in [0.717, 1.165) is 11.1 Å². The van der Waals surface area contributed by atoms with Crippen LogP contribution in [0.2, 0.25) is 5.02 Å². The van der Waals surface area contributed by atoms with Gasteiger partial charge >= 0.3 is 0 Å². The Bertz CT molecular complexity index is 828. The van der Waals surface area contributed by atoms with Crippen molar-refractivity contribution >= 4 is 34.9 Å². The Labute approximate surface area is 143 Å². The van der Waals surface area contributed by atoms with E-state index in [0.29, 0.717) is 29.5 Å². The van der Waals surface area contributed by atoms with Gasteiger partial charge in [-0.3, -0.25) is 9.59 Å². The molecule has 2 N–H and O–H groups in total. The van der Waals surface area contributed by atoms with Gasteiger partial charge in [0.15, 0.2) is 0 Å². The maximum absolute atomic E-state index is 12.3. The standard InChI is InChI=1S/C16H16ClN5O2/c1-10-8-18-22(9-11-3-2-4-12(17)7-11)15(10)19-16(24)13-5-6-14(23)21-20-13/h2-4,7-8H,5-6,9H2,1H3,(H,19,24)(H,21,23). The monoisotopic (exact) mass is 345 g/mol. The van der Waals surface area contributed by atoms with Crippen LogP contribution in [0.5, 0.6) is 0 Å². The Morgan fingerprint density at radius 2 is 2.25 bits per heavy atom. The van der Waals surface area contributed by atoms with Crippen LogP contribution in [-0.4, -0.2) is 27.3 Å². The van der Waals surface area contributed by atoms with Crippen LogP contribution in [0, 0.1) is 6.92 Å². The molecule has 1 aromatic carbocycles. The van der Waals surface area contributed by atoms with Crippen LogP contribution < -0.4 is 10.7 Å². The third-order valence-electron chi connectivity index (χ3n) is 3.64. The molecule has 2 heterocycles. The number of carbonyl (C=O) groups excluding carboxylic acids is 2. The van der Waals surface area contributed by atoms with Crippen molar-refractivity contribution in [1.82, 2.24) is 15.2 Å². The van der Waals surface area contributed by atoms with Crippen molar-refractivity contribution in [3.8, 4) is 0 Å². The molecule has 2 amide bonds. The number of rotatable bonds is 4. The zero-order chi connectivity index (χ0) is 17.1. The van der Waals surface area contributed by atoms with E-state index in [1.165, 1.54) is 0 Å². The molecule has 1 aliphatic rings. The number of amides is 2. The lowest BCUT2D eigenvalue weighted by atomic mass is 10.1. The Kier molecular flexibility index (Phi) is 4.61. The van der Waals surface area contributed by atoms with Gasteiger partial charge in [0.25, 0.3) is 5.91 Å². The number of hydrazone groups is 1. The lowest BCUT2D eigenvalue weighted by molar-refractivity contribution is -0.121. The largest absolute Gasteiger partial charge is 0.305 e. The van der Waals surface area contributed by atoms with Crippen LogP contribution >= 0.6 is 11.6 Å². The van der Waals surface area contributed by atoms with Crippen molar-refractivity contribution in [1.29, 1.82) is 0 Å². The van der Waals surface area contributed by atoms with Gasteiger partial charge < -0.3 is 5.32 Å². The first-order valence-corrected chi connectivity index (χ1v) is 7.84. The number of nitrogens with zero attached hydrogens (tertiary/aromatic N) is 3. The molecule has 1 aromatic heterocycles. The number of aromatic nitrogens is 2. The van der Waals surface area contributed by atoms with Gasteiger partial charge in [0.2, 0.25) is 5.91 Å². The predicted molar refractivity (Wildman–Crippen MR) is 91.0 cm³/mol. The van der Waals surface area contributed by atoms with Crippen LogP contribution in [-0.2, 0) is 16.1 Å². The fraction of sp³-hybridized carbons (Fsp3) is 0.250. The van der Waals surface area contributed by atoms with Gasteiger partial charge in [-0.1, -0.05) is 23.7 Å². The number of halogens is 1. The van der Waals surface area contributed by atoms with Crippen LogP contribution in [0.4, 0.5) is 5.82 Å².